The lowest BCUT2D eigenvalue weighted by Gasteiger charge is -2.09. The fourth-order valence-electron chi connectivity index (χ4n) is 1.77. The number of ether oxygens (including phenoxy) is 1. The molecule has 0 radical (unpaired) electrons. The van der Waals surface area contributed by atoms with Crippen molar-refractivity contribution in [2.45, 2.75) is 13.8 Å². The van der Waals surface area contributed by atoms with E-state index in [2.05, 4.69) is 15.9 Å². The zero-order valence-corrected chi connectivity index (χ0v) is 12.0. The van der Waals surface area contributed by atoms with Gasteiger partial charge < -0.3 is 9.15 Å². The minimum atomic E-state index is -0.0983. The number of aryl methyl sites for hydroxylation is 2. The molecule has 0 aliphatic heterocycles. The summed E-state index contributed by atoms with van der Waals surface area (Å²) >= 11 is 3.43. The molecule has 1 aromatic heterocycles. The van der Waals surface area contributed by atoms with Gasteiger partial charge in [0, 0.05) is 4.47 Å². The van der Waals surface area contributed by atoms with Gasteiger partial charge in [-0.05, 0) is 37.6 Å². The lowest BCUT2D eigenvalue weighted by molar-refractivity contribution is 0.103. The van der Waals surface area contributed by atoms with E-state index < -0.39 is 0 Å². The standard InChI is InChI=1S/C14H13BrO3/c1-8-6-13(17-3)11(7-12(8)15)14(16)10-4-5-18-9(10)2/h4-7H,1-3H3. The Kier molecular flexibility index (Phi) is 3.57. The zero-order chi connectivity index (χ0) is 13.3. The fraction of sp³-hybridized carbons (Fsp3) is 0.214. The van der Waals surface area contributed by atoms with Crippen molar-refractivity contribution < 1.29 is 13.9 Å². The Hall–Kier alpha value is -1.55. The first-order valence-electron chi connectivity index (χ1n) is 5.47. The number of carbonyl (C=O) groups is 1. The number of hydrogen-bond acceptors (Lipinski definition) is 3. The highest BCUT2D eigenvalue weighted by Crippen LogP contribution is 2.29. The number of benzene rings is 1. The minimum absolute atomic E-state index is 0.0983. The first-order valence-corrected chi connectivity index (χ1v) is 6.27. The van der Waals surface area contributed by atoms with E-state index in [1.807, 2.05) is 13.0 Å². The minimum Gasteiger partial charge on any atom is -0.496 e. The van der Waals surface area contributed by atoms with Gasteiger partial charge in [-0.1, -0.05) is 15.9 Å². The van der Waals surface area contributed by atoms with Crippen LogP contribution < -0.4 is 4.74 Å². The smallest absolute Gasteiger partial charge is 0.200 e. The van der Waals surface area contributed by atoms with Crippen LogP contribution in [-0.4, -0.2) is 12.9 Å². The number of hydrogen-bond donors (Lipinski definition) is 0. The molecule has 18 heavy (non-hydrogen) atoms. The lowest BCUT2D eigenvalue weighted by Crippen LogP contribution is -2.05. The predicted octanol–water partition coefficient (Wildman–Crippen LogP) is 3.90. The van der Waals surface area contributed by atoms with Gasteiger partial charge in [0.25, 0.3) is 0 Å². The zero-order valence-electron chi connectivity index (χ0n) is 10.4. The molecule has 94 valence electrons. The van der Waals surface area contributed by atoms with Crippen LogP contribution >= 0.6 is 15.9 Å². The Morgan fingerprint density at radius 2 is 2.00 bits per heavy atom. The van der Waals surface area contributed by atoms with E-state index in [1.54, 1.807) is 26.2 Å². The summed E-state index contributed by atoms with van der Waals surface area (Å²) in [4.78, 5) is 12.4. The van der Waals surface area contributed by atoms with Gasteiger partial charge in [-0.2, -0.15) is 0 Å². The van der Waals surface area contributed by atoms with Crippen molar-refractivity contribution in [3.05, 3.63) is 51.4 Å². The molecule has 0 spiro atoms. The van der Waals surface area contributed by atoms with Crippen LogP contribution in [0.1, 0.15) is 27.2 Å². The molecule has 0 atom stereocenters. The molecular weight excluding hydrogens is 296 g/mol. The molecule has 0 amide bonds. The van der Waals surface area contributed by atoms with E-state index in [4.69, 9.17) is 9.15 Å². The van der Waals surface area contributed by atoms with Crippen molar-refractivity contribution in [1.82, 2.24) is 0 Å². The van der Waals surface area contributed by atoms with Gasteiger partial charge in [0.05, 0.1) is 24.5 Å². The highest BCUT2D eigenvalue weighted by Gasteiger charge is 2.19. The van der Waals surface area contributed by atoms with Crippen molar-refractivity contribution in [3.63, 3.8) is 0 Å². The summed E-state index contributed by atoms with van der Waals surface area (Å²) in [6.07, 6.45) is 1.51. The van der Waals surface area contributed by atoms with E-state index in [1.165, 1.54) is 6.26 Å². The Labute approximate surface area is 114 Å². The maximum absolute atomic E-state index is 12.4. The molecule has 0 aliphatic carbocycles. The molecule has 1 aromatic carbocycles. The molecule has 2 rings (SSSR count). The molecule has 1 heterocycles. The highest BCUT2D eigenvalue weighted by atomic mass is 79.9. The molecule has 0 saturated heterocycles. The second-order valence-corrected chi connectivity index (χ2v) is 4.88. The molecule has 3 nitrogen and oxygen atoms in total. The number of carbonyl (C=O) groups excluding carboxylic acids is 1. The summed E-state index contributed by atoms with van der Waals surface area (Å²) in [5.41, 5.74) is 2.11. The normalized spacial score (nSPS) is 10.4. The van der Waals surface area contributed by atoms with E-state index in [9.17, 15) is 4.79 Å². The first kappa shape index (κ1) is 12.9. The van der Waals surface area contributed by atoms with Gasteiger partial charge in [0.1, 0.15) is 11.5 Å². The average Bonchev–Trinajstić information content (AvgIpc) is 2.77. The lowest BCUT2D eigenvalue weighted by atomic mass is 10.0. The highest BCUT2D eigenvalue weighted by molar-refractivity contribution is 9.10. The Morgan fingerprint density at radius 1 is 1.28 bits per heavy atom. The van der Waals surface area contributed by atoms with Gasteiger partial charge in [-0.15, -0.1) is 0 Å². The SMILES string of the molecule is COc1cc(C)c(Br)cc1C(=O)c1ccoc1C. The van der Waals surface area contributed by atoms with Crippen LogP contribution in [0.3, 0.4) is 0 Å². The van der Waals surface area contributed by atoms with Gasteiger partial charge >= 0.3 is 0 Å². The Balaban J connectivity index is 2.54. The van der Waals surface area contributed by atoms with Crippen LogP contribution in [0.15, 0.2) is 33.4 Å². The van der Waals surface area contributed by atoms with Gasteiger partial charge in [0.15, 0.2) is 5.78 Å². The Bertz CT molecular complexity index is 599. The van der Waals surface area contributed by atoms with Crippen LogP contribution in [0.4, 0.5) is 0 Å². The number of methoxy groups -OCH3 is 1. The Morgan fingerprint density at radius 3 is 2.56 bits per heavy atom. The predicted molar refractivity (Wildman–Crippen MR) is 72.3 cm³/mol. The van der Waals surface area contributed by atoms with Crippen LogP contribution in [0, 0.1) is 13.8 Å². The maximum atomic E-state index is 12.4. The summed E-state index contributed by atoms with van der Waals surface area (Å²) in [5, 5.41) is 0. The summed E-state index contributed by atoms with van der Waals surface area (Å²) in [7, 11) is 1.56. The second-order valence-electron chi connectivity index (χ2n) is 4.02. The number of ketones is 1. The van der Waals surface area contributed by atoms with Crippen LogP contribution in [0.2, 0.25) is 0 Å². The van der Waals surface area contributed by atoms with E-state index >= 15 is 0 Å². The topological polar surface area (TPSA) is 39.4 Å². The molecule has 0 fully saturated rings. The summed E-state index contributed by atoms with van der Waals surface area (Å²) in [5.74, 6) is 1.08. The van der Waals surface area contributed by atoms with Crippen molar-refractivity contribution >= 4 is 21.7 Å². The van der Waals surface area contributed by atoms with E-state index in [-0.39, 0.29) is 5.78 Å². The molecule has 2 aromatic rings. The van der Waals surface area contributed by atoms with Gasteiger partial charge in [0.2, 0.25) is 0 Å². The van der Waals surface area contributed by atoms with Crippen LogP contribution in [0.25, 0.3) is 0 Å². The number of halogens is 1. The average molecular weight is 309 g/mol. The van der Waals surface area contributed by atoms with Crippen LogP contribution in [-0.2, 0) is 0 Å². The quantitative estimate of drug-likeness (QED) is 0.807. The third-order valence-electron chi connectivity index (χ3n) is 2.83. The molecule has 0 aliphatic rings. The van der Waals surface area contributed by atoms with Crippen molar-refractivity contribution in [2.24, 2.45) is 0 Å². The number of furan rings is 1. The third-order valence-corrected chi connectivity index (χ3v) is 3.68. The summed E-state index contributed by atoms with van der Waals surface area (Å²) in [6, 6.07) is 5.29. The molecule has 4 heteroatoms. The maximum Gasteiger partial charge on any atom is 0.200 e. The molecule has 0 unspecified atom stereocenters. The largest absolute Gasteiger partial charge is 0.496 e. The van der Waals surface area contributed by atoms with Crippen molar-refractivity contribution in [1.29, 1.82) is 0 Å². The second kappa shape index (κ2) is 4.98. The number of rotatable bonds is 3. The first-order chi connectivity index (χ1) is 8.54. The van der Waals surface area contributed by atoms with Crippen LogP contribution in [0.5, 0.6) is 5.75 Å². The monoisotopic (exact) mass is 308 g/mol. The third kappa shape index (κ3) is 2.20. The molecular formula is C14H13BrO3. The van der Waals surface area contributed by atoms with Crippen molar-refractivity contribution in [3.8, 4) is 5.75 Å². The van der Waals surface area contributed by atoms with E-state index in [0.717, 1.165) is 10.0 Å². The van der Waals surface area contributed by atoms with E-state index in [0.29, 0.717) is 22.6 Å². The summed E-state index contributed by atoms with van der Waals surface area (Å²) < 4.78 is 11.3. The fourth-order valence-corrected chi connectivity index (χ4v) is 2.11. The molecule has 0 saturated carbocycles. The summed E-state index contributed by atoms with van der Waals surface area (Å²) in [6.45, 7) is 3.72. The van der Waals surface area contributed by atoms with Crippen molar-refractivity contribution in [2.75, 3.05) is 7.11 Å². The van der Waals surface area contributed by atoms with Gasteiger partial charge in [-0.3, -0.25) is 4.79 Å². The van der Waals surface area contributed by atoms with Gasteiger partial charge in [-0.25, -0.2) is 0 Å². The molecule has 0 bridgehead atoms. The molecule has 0 N–H and O–H groups in total.